The van der Waals surface area contributed by atoms with Gasteiger partial charge >= 0.3 is 5.97 Å². The molecule has 0 unspecified atom stereocenters. The minimum atomic E-state index is -0.850. The molecule has 0 aliphatic rings. The lowest BCUT2D eigenvalue weighted by molar-refractivity contribution is -0.136. The Morgan fingerprint density at radius 2 is 2.29 bits per heavy atom. The number of aryl methyl sites for hydroxylation is 1. The summed E-state index contributed by atoms with van der Waals surface area (Å²) in [6, 6.07) is 5.82. The summed E-state index contributed by atoms with van der Waals surface area (Å²) in [5.74, 6) is -0.232. The lowest BCUT2D eigenvalue weighted by Crippen LogP contribution is -2.09. The zero-order chi connectivity index (χ0) is 12.4. The lowest BCUT2D eigenvalue weighted by Gasteiger charge is -2.05. The Bertz CT molecular complexity index is 563. The lowest BCUT2D eigenvalue weighted by atomic mass is 10.3. The molecule has 0 saturated heterocycles. The van der Waals surface area contributed by atoms with Crippen LogP contribution >= 0.6 is 15.9 Å². The molecule has 1 heterocycles. The molecule has 0 saturated carbocycles. The number of imidazole rings is 1. The summed E-state index contributed by atoms with van der Waals surface area (Å²) < 4.78 is 2.93. The van der Waals surface area contributed by atoms with Gasteiger partial charge in [0.15, 0.2) is 0 Å². The zero-order valence-corrected chi connectivity index (χ0v) is 11.1. The highest BCUT2D eigenvalue weighted by atomic mass is 79.9. The first-order chi connectivity index (χ1) is 8.11. The molecule has 0 atom stereocenters. The van der Waals surface area contributed by atoms with E-state index in [4.69, 9.17) is 5.11 Å². The predicted molar refractivity (Wildman–Crippen MR) is 69.1 cm³/mol. The molecule has 2 rings (SSSR count). The monoisotopic (exact) mass is 296 g/mol. The van der Waals surface area contributed by atoms with Crippen LogP contribution in [0.3, 0.4) is 0 Å². The van der Waals surface area contributed by atoms with E-state index in [1.165, 1.54) is 0 Å². The summed E-state index contributed by atoms with van der Waals surface area (Å²) in [6.07, 6.45) is 0.917. The Kier molecular flexibility index (Phi) is 3.47. The summed E-state index contributed by atoms with van der Waals surface area (Å²) in [6.45, 7) is 2.86. The summed E-state index contributed by atoms with van der Waals surface area (Å²) in [5, 5.41) is 8.88. The number of nitrogens with zero attached hydrogens (tertiary/aromatic N) is 2. The van der Waals surface area contributed by atoms with Crippen LogP contribution in [0, 0.1) is 0 Å². The van der Waals surface area contributed by atoms with Crippen molar-refractivity contribution in [2.45, 2.75) is 26.3 Å². The first kappa shape index (κ1) is 12.1. The van der Waals surface area contributed by atoms with Crippen LogP contribution in [-0.4, -0.2) is 20.6 Å². The van der Waals surface area contributed by atoms with Crippen LogP contribution in [0.25, 0.3) is 11.0 Å². The van der Waals surface area contributed by atoms with Gasteiger partial charge in [0.25, 0.3) is 0 Å². The Labute approximate surface area is 107 Å². The van der Waals surface area contributed by atoms with Crippen LogP contribution in [0.4, 0.5) is 0 Å². The van der Waals surface area contributed by atoms with Crippen LogP contribution in [0.1, 0.15) is 19.2 Å². The fraction of sp³-hybridized carbons (Fsp3) is 0.333. The molecule has 0 bridgehead atoms. The van der Waals surface area contributed by atoms with Crippen molar-refractivity contribution in [3.05, 3.63) is 28.5 Å². The zero-order valence-electron chi connectivity index (χ0n) is 9.48. The summed E-state index contributed by atoms with van der Waals surface area (Å²) in [5.41, 5.74) is 1.83. The topological polar surface area (TPSA) is 55.1 Å². The number of aliphatic carboxylic acids is 1. The third-order valence-corrected chi connectivity index (χ3v) is 3.04. The van der Waals surface area contributed by atoms with Gasteiger partial charge in [0, 0.05) is 11.0 Å². The second-order valence-electron chi connectivity index (χ2n) is 3.88. The average Bonchev–Trinajstić information content (AvgIpc) is 2.55. The van der Waals surface area contributed by atoms with E-state index in [-0.39, 0.29) is 6.42 Å². The average molecular weight is 297 g/mol. The van der Waals surface area contributed by atoms with Crippen molar-refractivity contribution < 1.29 is 9.90 Å². The molecule has 0 fully saturated rings. The molecule has 1 aromatic carbocycles. The maximum atomic E-state index is 10.8. The van der Waals surface area contributed by atoms with Gasteiger partial charge in [0.1, 0.15) is 12.2 Å². The van der Waals surface area contributed by atoms with Crippen molar-refractivity contribution in [2.24, 2.45) is 0 Å². The van der Waals surface area contributed by atoms with Crippen LogP contribution in [-0.2, 0) is 17.8 Å². The van der Waals surface area contributed by atoms with Crippen LogP contribution in [0.5, 0.6) is 0 Å². The molecular formula is C12H13BrN2O2. The van der Waals surface area contributed by atoms with E-state index in [1.807, 2.05) is 22.8 Å². The molecular weight excluding hydrogens is 284 g/mol. The smallest absolute Gasteiger partial charge is 0.311 e. The number of fused-ring (bicyclic) bond motifs is 1. The van der Waals surface area contributed by atoms with Gasteiger partial charge in [-0.05, 0) is 24.6 Å². The van der Waals surface area contributed by atoms with Gasteiger partial charge in [-0.3, -0.25) is 4.79 Å². The van der Waals surface area contributed by atoms with Gasteiger partial charge in [-0.2, -0.15) is 0 Å². The molecule has 0 amide bonds. The quantitative estimate of drug-likeness (QED) is 0.944. The fourth-order valence-corrected chi connectivity index (χ4v) is 2.25. The number of hydrogen-bond donors (Lipinski definition) is 1. The SMILES string of the molecule is CCCn1c(CC(=O)O)nc2cc(Br)ccc21. The molecule has 5 heteroatoms. The molecule has 1 N–H and O–H groups in total. The first-order valence-corrected chi connectivity index (χ1v) is 6.27. The standard InChI is InChI=1S/C12H13BrN2O2/c1-2-5-15-10-4-3-8(13)6-9(10)14-11(15)7-12(16)17/h3-4,6H,2,5,7H2,1H3,(H,16,17). The molecule has 0 aliphatic heterocycles. The number of carboxylic acid groups (broad SMARTS) is 1. The third-order valence-electron chi connectivity index (χ3n) is 2.55. The molecule has 0 aliphatic carbocycles. The van der Waals surface area contributed by atoms with Gasteiger partial charge in [0.05, 0.1) is 11.0 Å². The van der Waals surface area contributed by atoms with E-state index in [2.05, 4.69) is 27.8 Å². The highest BCUT2D eigenvalue weighted by Gasteiger charge is 2.12. The van der Waals surface area contributed by atoms with Crippen LogP contribution < -0.4 is 0 Å². The summed E-state index contributed by atoms with van der Waals surface area (Å²) in [7, 11) is 0. The van der Waals surface area contributed by atoms with Crippen molar-refractivity contribution in [3.63, 3.8) is 0 Å². The largest absolute Gasteiger partial charge is 0.481 e. The molecule has 0 radical (unpaired) electrons. The predicted octanol–water partition coefficient (Wildman–Crippen LogP) is 2.84. The maximum absolute atomic E-state index is 10.8. The van der Waals surface area contributed by atoms with Crippen LogP contribution in [0.15, 0.2) is 22.7 Å². The Morgan fingerprint density at radius 3 is 2.94 bits per heavy atom. The number of benzene rings is 1. The van der Waals surface area contributed by atoms with Gasteiger partial charge in [-0.15, -0.1) is 0 Å². The van der Waals surface area contributed by atoms with Crippen molar-refractivity contribution in [3.8, 4) is 0 Å². The van der Waals surface area contributed by atoms with Gasteiger partial charge in [-0.25, -0.2) is 4.98 Å². The number of aromatic nitrogens is 2. The normalized spacial score (nSPS) is 10.9. The highest BCUT2D eigenvalue weighted by molar-refractivity contribution is 9.10. The summed E-state index contributed by atoms with van der Waals surface area (Å²) in [4.78, 5) is 15.2. The van der Waals surface area contributed by atoms with E-state index in [9.17, 15) is 4.79 Å². The summed E-state index contributed by atoms with van der Waals surface area (Å²) >= 11 is 3.39. The minimum absolute atomic E-state index is 0.0354. The molecule has 0 spiro atoms. The molecule has 90 valence electrons. The number of rotatable bonds is 4. The Balaban J connectivity index is 2.56. The van der Waals surface area contributed by atoms with E-state index < -0.39 is 5.97 Å². The number of halogens is 1. The van der Waals surface area contributed by atoms with Crippen molar-refractivity contribution in [1.82, 2.24) is 9.55 Å². The molecule has 17 heavy (non-hydrogen) atoms. The van der Waals surface area contributed by atoms with E-state index in [1.54, 1.807) is 0 Å². The molecule has 2 aromatic rings. The van der Waals surface area contributed by atoms with Crippen molar-refractivity contribution >= 4 is 32.9 Å². The minimum Gasteiger partial charge on any atom is -0.481 e. The van der Waals surface area contributed by atoms with E-state index in [0.717, 1.165) is 28.5 Å². The molecule has 1 aromatic heterocycles. The second-order valence-corrected chi connectivity index (χ2v) is 4.80. The first-order valence-electron chi connectivity index (χ1n) is 5.48. The van der Waals surface area contributed by atoms with Crippen molar-refractivity contribution in [1.29, 1.82) is 0 Å². The second kappa shape index (κ2) is 4.87. The number of carboxylic acids is 1. The van der Waals surface area contributed by atoms with Crippen LogP contribution in [0.2, 0.25) is 0 Å². The Morgan fingerprint density at radius 1 is 1.53 bits per heavy atom. The fourth-order valence-electron chi connectivity index (χ4n) is 1.90. The third kappa shape index (κ3) is 2.49. The number of hydrogen-bond acceptors (Lipinski definition) is 2. The van der Waals surface area contributed by atoms with Crippen molar-refractivity contribution in [2.75, 3.05) is 0 Å². The number of carbonyl (C=O) groups is 1. The van der Waals surface area contributed by atoms with E-state index in [0.29, 0.717) is 5.82 Å². The van der Waals surface area contributed by atoms with Gasteiger partial charge in [-0.1, -0.05) is 22.9 Å². The highest BCUT2D eigenvalue weighted by Crippen LogP contribution is 2.21. The maximum Gasteiger partial charge on any atom is 0.311 e. The van der Waals surface area contributed by atoms with E-state index >= 15 is 0 Å². The molecule has 4 nitrogen and oxygen atoms in total. The van der Waals surface area contributed by atoms with Gasteiger partial charge in [0.2, 0.25) is 0 Å². The van der Waals surface area contributed by atoms with Gasteiger partial charge < -0.3 is 9.67 Å². The Hall–Kier alpha value is -1.36.